The summed E-state index contributed by atoms with van der Waals surface area (Å²) >= 11 is 0. The van der Waals surface area contributed by atoms with Crippen molar-refractivity contribution in [2.75, 3.05) is 7.11 Å². The van der Waals surface area contributed by atoms with E-state index in [-0.39, 0.29) is 5.82 Å². The second kappa shape index (κ2) is 3.53. The molecule has 0 saturated heterocycles. The van der Waals surface area contributed by atoms with Crippen LogP contribution in [0.4, 0.5) is 4.39 Å². The van der Waals surface area contributed by atoms with Gasteiger partial charge >= 0.3 is 0 Å². The molecule has 3 nitrogen and oxygen atoms in total. The molecular weight excluding hydrogens is 195 g/mol. The van der Waals surface area contributed by atoms with Crippen molar-refractivity contribution in [2.45, 2.75) is 20.3 Å². The number of halogens is 1. The van der Waals surface area contributed by atoms with Crippen LogP contribution in [0.5, 0.6) is 5.75 Å². The molecule has 0 aromatic carbocycles. The number of nitrogens with zero attached hydrogens (tertiary/aromatic N) is 2. The molecule has 2 heterocycles. The highest BCUT2D eigenvalue weighted by Gasteiger charge is 2.14. The van der Waals surface area contributed by atoms with Gasteiger partial charge in [-0.3, -0.25) is 0 Å². The molecule has 15 heavy (non-hydrogen) atoms. The summed E-state index contributed by atoms with van der Waals surface area (Å²) in [6, 6.07) is 0. The summed E-state index contributed by atoms with van der Waals surface area (Å²) in [5.74, 6) is -0.0828. The minimum atomic E-state index is -0.384. The number of hydrogen-bond donors (Lipinski definition) is 0. The summed E-state index contributed by atoms with van der Waals surface area (Å²) in [6.07, 6.45) is 4.39. The quantitative estimate of drug-likeness (QED) is 0.757. The minimum Gasteiger partial charge on any atom is -0.493 e. The van der Waals surface area contributed by atoms with Crippen molar-refractivity contribution in [3.05, 3.63) is 29.5 Å². The standard InChI is InChI=1S/C11H13FN2O/c1-4-8-6-14-5-7(2)13-11(14)9(12)10(8)15-3/h5-6H,4H2,1-3H3. The highest BCUT2D eigenvalue weighted by atomic mass is 19.1. The van der Waals surface area contributed by atoms with Crippen LogP contribution >= 0.6 is 0 Å². The zero-order valence-electron chi connectivity index (χ0n) is 9.04. The van der Waals surface area contributed by atoms with E-state index in [2.05, 4.69) is 4.98 Å². The van der Waals surface area contributed by atoms with Gasteiger partial charge in [0, 0.05) is 18.0 Å². The zero-order chi connectivity index (χ0) is 11.0. The topological polar surface area (TPSA) is 26.5 Å². The lowest BCUT2D eigenvalue weighted by atomic mass is 10.2. The fourth-order valence-corrected chi connectivity index (χ4v) is 1.72. The molecule has 2 aromatic rings. The van der Waals surface area contributed by atoms with Gasteiger partial charge in [0.2, 0.25) is 5.82 Å². The Hall–Kier alpha value is -1.58. The molecule has 0 aliphatic rings. The van der Waals surface area contributed by atoms with E-state index in [1.165, 1.54) is 7.11 Å². The van der Waals surface area contributed by atoms with Crippen LogP contribution < -0.4 is 4.74 Å². The Balaban J connectivity index is 2.80. The molecular formula is C11H13FN2O. The van der Waals surface area contributed by atoms with Gasteiger partial charge in [0.05, 0.1) is 12.8 Å². The van der Waals surface area contributed by atoms with E-state index in [1.54, 1.807) is 10.6 Å². The second-order valence-electron chi connectivity index (χ2n) is 3.47. The molecule has 0 bridgehead atoms. The third-order valence-corrected chi connectivity index (χ3v) is 2.42. The van der Waals surface area contributed by atoms with Crippen molar-refractivity contribution >= 4 is 5.65 Å². The molecule has 0 amide bonds. The summed E-state index contributed by atoms with van der Waals surface area (Å²) in [7, 11) is 1.48. The average Bonchev–Trinajstić information content (AvgIpc) is 2.59. The van der Waals surface area contributed by atoms with Gasteiger partial charge in [-0.05, 0) is 13.3 Å². The van der Waals surface area contributed by atoms with Crippen LogP contribution in [-0.2, 0) is 6.42 Å². The van der Waals surface area contributed by atoms with Crippen LogP contribution in [0, 0.1) is 12.7 Å². The molecule has 0 spiro atoms. The van der Waals surface area contributed by atoms with Crippen molar-refractivity contribution in [1.29, 1.82) is 0 Å². The maximum absolute atomic E-state index is 13.9. The Morgan fingerprint density at radius 3 is 2.80 bits per heavy atom. The van der Waals surface area contributed by atoms with Crippen LogP contribution in [-0.4, -0.2) is 16.5 Å². The number of fused-ring (bicyclic) bond motifs is 1. The number of aryl methyl sites for hydroxylation is 2. The van der Waals surface area contributed by atoms with E-state index < -0.39 is 0 Å². The van der Waals surface area contributed by atoms with Crippen molar-refractivity contribution in [3.8, 4) is 5.75 Å². The van der Waals surface area contributed by atoms with Gasteiger partial charge < -0.3 is 9.14 Å². The molecule has 0 atom stereocenters. The minimum absolute atomic E-state index is 0.301. The predicted molar refractivity (Wildman–Crippen MR) is 55.8 cm³/mol. The number of ether oxygens (including phenoxy) is 1. The Morgan fingerprint density at radius 2 is 2.20 bits per heavy atom. The average molecular weight is 208 g/mol. The zero-order valence-corrected chi connectivity index (χ0v) is 9.04. The van der Waals surface area contributed by atoms with E-state index in [4.69, 9.17) is 4.74 Å². The van der Waals surface area contributed by atoms with Crippen LogP contribution in [0.15, 0.2) is 12.4 Å². The smallest absolute Gasteiger partial charge is 0.208 e. The van der Waals surface area contributed by atoms with Crippen molar-refractivity contribution in [3.63, 3.8) is 0 Å². The fourth-order valence-electron chi connectivity index (χ4n) is 1.72. The predicted octanol–water partition coefficient (Wildman–Crippen LogP) is 2.35. The molecule has 0 fully saturated rings. The number of pyridine rings is 1. The summed E-state index contributed by atoms with van der Waals surface area (Å²) in [5.41, 5.74) is 1.96. The number of aromatic nitrogens is 2. The van der Waals surface area contributed by atoms with E-state index in [0.29, 0.717) is 11.4 Å². The molecule has 0 unspecified atom stereocenters. The second-order valence-corrected chi connectivity index (χ2v) is 3.47. The van der Waals surface area contributed by atoms with Gasteiger partial charge in [0.1, 0.15) is 0 Å². The highest BCUT2D eigenvalue weighted by molar-refractivity contribution is 5.51. The monoisotopic (exact) mass is 208 g/mol. The number of methoxy groups -OCH3 is 1. The van der Waals surface area contributed by atoms with Gasteiger partial charge in [0.25, 0.3) is 0 Å². The van der Waals surface area contributed by atoms with Crippen LogP contribution in [0.2, 0.25) is 0 Å². The molecule has 80 valence electrons. The number of imidazole rings is 1. The van der Waals surface area contributed by atoms with Gasteiger partial charge in [-0.1, -0.05) is 6.92 Å². The molecule has 0 radical (unpaired) electrons. The molecule has 0 aliphatic heterocycles. The molecule has 0 saturated carbocycles. The Bertz CT molecular complexity index is 505. The Kier molecular flexibility index (Phi) is 2.34. The molecule has 2 aromatic heterocycles. The van der Waals surface area contributed by atoms with Gasteiger partial charge in [-0.25, -0.2) is 4.98 Å². The molecule has 0 N–H and O–H groups in total. The first-order chi connectivity index (χ1) is 7.17. The largest absolute Gasteiger partial charge is 0.493 e. The van der Waals surface area contributed by atoms with E-state index >= 15 is 0 Å². The highest BCUT2D eigenvalue weighted by Crippen LogP contribution is 2.26. The van der Waals surface area contributed by atoms with Gasteiger partial charge in [-0.2, -0.15) is 4.39 Å². The normalized spacial score (nSPS) is 10.9. The lowest BCUT2D eigenvalue weighted by Crippen LogP contribution is -1.99. The first-order valence-corrected chi connectivity index (χ1v) is 4.88. The third kappa shape index (κ3) is 1.46. The SMILES string of the molecule is CCc1cn2cc(C)nc2c(F)c1OC. The van der Waals surface area contributed by atoms with Crippen molar-refractivity contribution < 1.29 is 9.13 Å². The first-order valence-electron chi connectivity index (χ1n) is 4.88. The number of rotatable bonds is 2. The maximum atomic E-state index is 13.9. The lowest BCUT2D eigenvalue weighted by Gasteiger charge is -2.08. The lowest BCUT2D eigenvalue weighted by molar-refractivity contribution is 0.382. The van der Waals surface area contributed by atoms with Gasteiger partial charge in [0.15, 0.2) is 11.4 Å². The van der Waals surface area contributed by atoms with Crippen LogP contribution in [0.25, 0.3) is 5.65 Å². The molecule has 4 heteroatoms. The van der Waals surface area contributed by atoms with E-state index in [0.717, 1.165) is 17.7 Å². The summed E-state index contributed by atoms with van der Waals surface area (Å²) < 4.78 is 20.7. The van der Waals surface area contributed by atoms with Crippen molar-refractivity contribution in [2.24, 2.45) is 0 Å². The van der Waals surface area contributed by atoms with Crippen LogP contribution in [0.1, 0.15) is 18.2 Å². The van der Waals surface area contributed by atoms with Gasteiger partial charge in [-0.15, -0.1) is 0 Å². The van der Waals surface area contributed by atoms with Crippen LogP contribution in [0.3, 0.4) is 0 Å². The third-order valence-electron chi connectivity index (χ3n) is 2.42. The van der Waals surface area contributed by atoms with E-state index in [9.17, 15) is 4.39 Å². The Labute approximate surface area is 87.5 Å². The fraction of sp³-hybridized carbons (Fsp3) is 0.364. The van der Waals surface area contributed by atoms with E-state index in [1.807, 2.05) is 20.0 Å². The molecule has 0 aliphatic carbocycles. The summed E-state index contributed by atoms with van der Waals surface area (Å²) in [5, 5.41) is 0. The summed E-state index contributed by atoms with van der Waals surface area (Å²) in [6.45, 7) is 3.80. The number of hydrogen-bond acceptors (Lipinski definition) is 2. The first kappa shape index (κ1) is 9.96. The maximum Gasteiger partial charge on any atom is 0.208 e. The Morgan fingerprint density at radius 1 is 1.47 bits per heavy atom. The molecule has 2 rings (SSSR count). The van der Waals surface area contributed by atoms with Crippen molar-refractivity contribution in [1.82, 2.24) is 9.38 Å². The summed E-state index contributed by atoms with van der Waals surface area (Å²) in [4.78, 5) is 4.10.